The molecule has 1 aromatic heterocycles. The molecule has 0 saturated heterocycles. The van der Waals surface area contributed by atoms with Gasteiger partial charge in [-0.25, -0.2) is 0 Å². The number of rotatable bonds is 5. The van der Waals surface area contributed by atoms with Crippen LogP contribution in [0.2, 0.25) is 0 Å². The minimum atomic E-state index is 0.0548. The average molecular weight is 324 g/mol. The lowest BCUT2D eigenvalue weighted by molar-refractivity contribution is 0.337. The van der Waals surface area contributed by atoms with Crippen LogP contribution in [0.3, 0.4) is 0 Å². The first-order valence-corrected chi connectivity index (χ1v) is 7.22. The van der Waals surface area contributed by atoms with Crippen LogP contribution in [0.15, 0.2) is 33.3 Å². The first-order chi connectivity index (χ1) is 9.10. The Labute approximate surface area is 121 Å². The van der Waals surface area contributed by atoms with E-state index in [0.717, 1.165) is 16.5 Å². The fraction of sp³-hybridized carbons (Fsp3) is 0.429. The maximum absolute atomic E-state index is 6.00. The van der Waals surface area contributed by atoms with Crippen molar-refractivity contribution in [2.24, 2.45) is 5.73 Å². The number of aromatic nitrogens is 2. The number of hydrogen-bond donors (Lipinski definition) is 1. The van der Waals surface area contributed by atoms with E-state index in [9.17, 15) is 0 Å². The third-order valence-corrected chi connectivity index (χ3v) is 3.73. The molecular formula is C14H18BrN3O. The molecule has 2 atom stereocenters. The third-order valence-electron chi connectivity index (χ3n) is 3.24. The Morgan fingerprint density at radius 3 is 2.89 bits per heavy atom. The van der Waals surface area contributed by atoms with Crippen LogP contribution >= 0.6 is 15.9 Å². The van der Waals surface area contributed by atoms with Crippen molar-refractivity contribution in [2.45, 2.75) is 38.6 Å². The minimum absolute atomic E-state index is 0.0548. The number of halogens is 1. The maximum atomic E-state index is 6.00. The second kappa shape index (κ2) is 6.30. The molecule has 2 rings (SSSR count). The molecule has 0 fully saturated rings. The van der Waals surface area contributed by atoms with Gasteiger partial charge in [0, 0.05) is 16.9 Å². The molecule has 0 amide bonds. The summed E-state index contributed by atoms with van der Waals surface area (Å²) < 4.78 is 6.35. The van der Waals surface area contributed by atoms with Crippen LogP contribution in [0.1, 0.15) is 43.5 Å². The van der Waals surface area contributed by atoms with E-state index in [4.69, 9.17) is 10.3 Å². The fourth-order valence-corrected chi connectivity index (χ4v) is 2.34. The lowest BCUT2D eigenvalue weighted by Crippen LogP contribution is -2.25. The van der Waals surface area contributed by atoms with Crippen molar-refractivity contribution in [2.75, 3.05) is 0 Å². The van der Waals surface area contributed by atoms with Gasteiger partial charge in [0.25, 0.3) is 0 Å². The molecule has 102 valence electrons. The molecule has 0 aliphatic rings. The van der Waals surface area contributed by atoms with Crippen LogP contribution in [-0.2, 0) is 6.42 Å². The van der Waals surface area contributed by atoms with Gasteiger partial charge in [-0.05, 0) is 24.1 Å². The monoisotopic (exact) mass is 323 g/mol. The SMILES string of the molecule is CCC(N)C(C)c1nc(Cc2cccc(Br)c2)no1. The summed E-state index contributed by atoms with van der Waals surface area (Å²) in [6, 6.07) is 8.14. The Balaban J connectivity index is 2.09. The molecule has 19 heavy (non-hydrogen) atoms. The Morgan fingerprint density at radius 2 is 2.21 bits per heavy atom. The Kier molecular flexibility index (Phi) is 4.71. The van der Waals surface area contributed by atoms with Gasteiger partial charge in [-0.1, -0.05) is 47.1 Å². The highest BCUT2D eigenvalue weighted by molar-refractivity contribution is 9.10. The summed E-state index contributed by atoms with van der Waals surface area (Å²) >= 11 is 3.45. The standard InChI is InChI=1S/C14H18BrN3O/c1-3-12(16)9(2)14-17-13(18-19-14)8-10-5-4-6-11(15)7-10/h4-7,9,12H,3,8,16H2,1-2H3. The number of benzene rings is 1. The molecule has 0 bridgehead atoms. The quantitative estimate of drug-likeness (QED) is 0.917. The van der Waals surface area contributed by atoms with Crippen LogP contribution in [-0.4, -0.2) is 16.2 Å². The van der Waals surface area contributed by atoms with Gasteiger partial charge in [-0.2, -0.15) is 4.98 Å². The first kappa shape index (κ1) is 14.2. The summed E-state index contributed by atoms with van der Waals surface area (Å²) in [7, 11) is 0. The molecule has 0 radical (unpaired) electrons. The lowest BCUT2D eigenvalue weighted by Gasteiger charge is -2.13. The van der Waals surface area contributed by atoms with Crippen molar-refractivity contribution in [1.82, 2.24) is 10.1 Å². The summed E-state index contributed by atoms with van der Waals surface area (Å²) in [5.41, 5.74) is 7.14. The zero-order valence-electron chi connectivity index (χ0n) is 11.1. The van der Waals surface area contributed by atoms with Crippen LogP contribution in [0.25, 0.3) is 0 Å². The van der Waals surface area contributed by atoms with Gasteiger partial charge in [-0.15, -0.1) is 0 Å². The summed E-state index contributed by atoms with van der Waals surface area (Å²) in [6.07, 6.45) is 1.56. The topological polar surface area (TPSA) is 64.9 Å². The van der Waals surface area contributed by atoms with E-state index in [1.54, 1.807) is 0 Å². The van der Waals surface area contributed by atoms with E-state index in [1.807, 2.05) is 25.1 Å². The van der Waals surface area contributed by atoms with Crippen LogP contribution in [0, 0.1) is 0 Å². The molecule has 5 heteroatoms. The number of nitrogens with zero attached hydrogens (tertiary/aromatic N) is 2. The van der Waals surface area contributed by atoms with Crippen molar-refractivity contribution in [1.29, 1.82) is 0 Å². The van der Waals surface area contributed by atoms with Crippen LogP contribution < -0.4 is 5.73 Å². The van der Waals surface area contributed by atoms with Crippen molar-refractivity contribution in [3.63, 3.8) is 0 Å². The molecule has 2 N–H and O–H groups in total. The summed E-state index contributed by atoms with van der Waals surface area (Å²) in [5, 5.41) is 4.02. The van der Waals surface area contributed by atoms with Gasteiger partial charge in [0.1, 0.15) is 0 Å². The fourth-order valence-electron chi connectivity index (χ4n) is 1.89. The van der Waals surface area contributed by atoms with Gasteiger partial charge in [0.2, 0.25) is 5.89 Å². The van der Waals surface area contributed by atoms with Crippen LogP contribution in [0.5, 0.6) is 0 Å². The van der Waals surface area contributed by atoms with E-state index in [1.165, 1.54) is 0 Å². The van der Waals surface area contributed by atoms with Gasteiger partial charge >= 0.3 is 0 Å². The average Bonchev–Trinajstić information content (AvgIpc) is 2.85. The predicted molar refractivity (Wildman–Crippen MR) is 77.9 cm³/mol. The van der Waals surface area contributed by atoms with Crippen molar-refractivity contribution >= 4 is 15.9 Å². The molecule has 2 aromatic rings. The highest BCUT2D eigenvalue weighted by atomic mass is 79.9. The Morgan fingerprint density at radius 1 is 1.42 bits per heavy atom. The second-order valence-corrected chi connectivity index (χ2v) is 5.63. The van der Waals surface area contributed by atoms with E-state index >= 15 is 0 Å². The lowest BCUT2D eigenvalue weighted by atomic mass is 10.0. The normalized spacial score (nSPS) is 14.3. The van der Waals surface area contributed by atoms with E-state index in [0.29, 0.717) is 18.1 Å². The third kappa shape index (κ3) is 3.64. The summed E-state index contributed by atoms with van der Waals surface area (Å²) in [6.45, 7) is 4.07. The number of nitrogens with two attached hydrogens (primary N) is 1. The molecular weight excluding hydrogens is 306 g/mol. The predicted octanol–water partition coefficient (Wildman–Crippen LogP) is 3.26. The van der Waals surface area contributed by atoms with Gasteiger partial charge in [0.15, 0.2) is 5.82 Å². The second-order valence-electron chi connectivity index (χ2n) is 4.72. The molecule has 0 saturated carbocycles. The molecule has 1 aromatic carbocycles. The van der Waals surface area contributed by atoms with Gasteiger partial charge in [-0.3, -0.25) is 0 Å². The molecule has 2 unspecified atom stereocenters. The minimum Gasteiger partial charge on any atom is -0.339 e. The van der Waals surface area contributed by atoms with Gasteiger partial charge < -0.3 is 10.3 Å². The van der Waals surface area contributed by atoms with E-state index in [-0.39, 0.29) is 12.0 Å². The van der Waals surface area contributed by atoms with E-state index in [2.05, 4.69) is 39.1 Å². The summed E-state index contributed by atoms with van der Waals surface area (Å²) in [5.74, 6) is 1.41. The molecule has 4 nitrogen and oxygen atoms in total. The van der Waals surface area contributed by atoms with Gasteiger partial charge in [0.05, 0.1) is 5.92 Å². The molecule has 0 spiro atoms. The zero-order chi connectivity index (χ0) is 13.8. The highest BCUT2D eigenvalue weighted by Gasteiger charge is 2.19. The van der Waals surface area contributed by atoms with Crippen molar-refractivity contribution in [3.05, 3.63) is 46.0 Å². The zero-order valence-corrected chi connectivity index (χ0v) is 12.7. The molecule has 0 aliphatic carbocycles. The smallest absolute Gasteiger partial charge is 0.231 e. The molecule has 0 aliphatic heterocycles. The maximum Gasteiger partial charge on any atom is 0.231 e. The summed E-state index contributed by atoms with van der Waals surface area (Å²) in [4.78, 5) is 4.43. The van der Waals surface area contributed by atoms with Crippen LogP contribution in [0.4, 0.5) is 0 Å². The number of hydrogen-bond acceptors (Lipinski definition) is 4. The highest BCUT2D eigenvalue weighted by Crippen LogP contribution is 2.19. The van der Waals surface area contributed by atoms with E-state index < -0.39 is 0 Å². The first-order valence-electron chi connectivity index (χ1n) is 6.42. The molecule has 1 heterocycles. The van der Waals surface area contributed by atoms with Crippen molar-refractivity contribution < 1.29 is 4.52 Å². The Bertz CT molecular complexity index is 541. The largest absolute Gasteiger partial charge is 0.339 e. The van der Waals surface area contributed by atoms with Crippen molar-refractivity contribution in [3.8, 4) is 0 Å². The Hall–Kier alpha value is -1.20.